The third kappa shape index (κ3) is 3.91. The number of amides is 1. The van der Waals surface area contributed by atoms with E-state index in [-0.39, 0.29) is 33.4 Å². The van der Waals surface area contributed by atoms with Crippen LogP contribution in [0.1, 0.15) is 32.4 Å². The number of carbonyl (C=O) groups excluding carboxylic acids is 1. The molecule has 2 aliphatic rings. The number of benzene rings is 3. The van der Waals surface area contributed by atoms with Crippen LogP contribution >= 0.6 is 0 Å². The van der Waals surface area contributed by atoms with Crippen LogP contribution in [-0.4, -0.2) is 17.8 Å². The molecule has 0 saturated heterocycles. The number of rotatable bonds is 5. The second-order valence-corrected chi connectivity index (χ2v) is 8.22. The Morgan fingerprint density at radius 2 is 1.73 bits per heavy atom. The van der Waals surface area contributed by atoms with E-state index in [4.69, 9.17) is 9.47 Å². The van der Waals surface area contributed by atoms with Gasteiger partial charge in [-0.1, -0.05) is 30.3 Å². The Morgan fingerprint density at radius 3 is 2.39 bits per heavy atom. The Kier molecular flexibility index (Phi) is 5.05. The van der Waals surface area contributed by atoms with Gasteiger partial charge in [-0.15, -0.1) is 0 Å². The predicted octanol–water partition coefficient (Wildman–Crippen LogP) is 5.76. The van der Waals surface area contributed by atoms with Crippen molar-refractivity contribution in [1.29, 1.82) is 0 Å². The number of carbonyl (C=O) groups is 1. The molecule has 1 aliphatic heterocycles. The van der Waals surface area contributed by atoms with Crippen LogP contribution in [0.15, 0.2) is 60.7 Å². The van der Waals surface area contributed by atoms with Crippen LogP contribution in [0.3, 0.4) is 0 Å². The van der Waals surface area contributed by atoms with Crippen molar-refractivity contribution >= 4 is 11.6 Å². The molecule has 3 aromatic rings. The van der Waals surface area contributed by atoms with Gasteiger partial charge in [-0.05, 0) is 65.4 Å². The van der Waals surface area contributed by atoms with Crippen molar-refractivity contribution in [3.63, 3.8) is 0 Å². The minimum Gasteiger partial charge on any atom is -0.454 e. The molecule has 2 N–H and O–H groups in total. The normalized spacial score (nSPS) is 15.9. The molecular formula is C25H24F3NO4. The molecule has 0 spiro atoms. The molecule has 0 atom stereocenters. The summed E-state index contributed by atoms with van der Waals surface area (Å²) >= 11 is 0. The number of nitrogens with one attached hydrogen (secondary N) is 1. The van der Waals surface area contributed by atoms with Crippen LogP contribution < -0.4 is 14.8 Å². The van der Waals surface area contributed by atoms with Gasteiger partial charge in [-0.3, -0.25) is 4.79 Å². The molecule has 174 valence electrons. The fourth-order valence-electron chi connectivity index (χ4n) is 4.11. The molecular weight excluding hydrogens is 435 g/mol. The van der Waals surface area contributed by atoms with E-state index in [1.54, 1.807) is 24.3 Å². The third-order valence-corrected chi connectivity index (χ3v) is 6.14. The van der Waals surface area contributed by atoms with Crippen molar-refractivity contribution < 1.29 is 35.4 Å². The minimum absolute atomic E-state index is 0. The third-order valence-electron chi connectivity index (χ3n) is 6.14. The van der Waals surface area contributed by atoms with E-state index in [1.807, 2.05) is 6.07 Å². The minimum atomic E-state index is -4.56. The predicted molar refractivity (Wildman–Crippen MR) is 119 cm³/mol. The standard InChI is InChI=1S/C25H20F3NO4.2H2/c26-25(27,28)20-7-6-18(12-19(20)16-3-1-15(13-30)2-4-16)29-23(31)24(9-10-24)17-5-8-21-22(11-17)33-14-32-21;;/h1-8,11-12,30H,9-10,13-14H2,(H,29,31);2*1H. The molecule has 33 heavy (non-hydrogen) atoms. The molecule has 0 unspecified atom stereocenters. The highest BCUT2D eigenvalue weighted by Gasteiger charge is 2.51. The molecule has 5 rings (SSSR count). The SMILES string of the molecule is O=C(Nc1ccc(C(F)(F)F)c(-c2ccc(CO)cc2)c1)C1(c2ccc3c(c2)OCO3)CC1.[HH].[HH]. The lowest BCUT2D eigenvalue weighted by Gasteiger charge is -2.19. The Hall–Kier alpha value is -3.52. The summed E-state index contributed by atoms with van der Waals surface area (Å²) in [6.07, 6.45) is -3.29. The van der Waals surface area contributed by atoms with Crippen molar-refractivity contribution in [2.24, 2.45) is 0 Å². The molecule has 3 aromatic carbocycles. The Bertz CT molecular complexity index is 1230. The zero-order chi connectivity index (χ0) is 23.2. The maximum absolute atomic E-state index is 13.7. The monoisotopic (exact) mass is 459 g/mol. The van der Waals surface area contributed by atoms with Crippen LogP contribution in [0.5, 0.6) is 11.5 Å². The van der Waals surface area contributed by atoms with Crippen molar-refractivity contribution in [3.8, 4) is 22.6 Å². The Labute approximate surface area is 190 Å². The van der Waals surface area contributed by atoms with Crippen LogP contribution in [-0.2, 0) is 23.0 Å². The highest BCUT2D eigenvalue weighted by atomic mass is 19.4. The largest absolute Gasteiger partial charge is 0.454 e. The summed E-state index contributed by atoms with van der Waals surface area (Å²) in [5.74, 6) is 0.923. The number of ether oxygens (including phenoxy) is 2. The molecule has 1 fully saturated rings. The van der Waals surface area contributed by atoms with E-state index in [2.05, 4.69) is 5.32 Å². The van der Waals surface area contributed by atoms with E-state index < -0.39 is 17.2 Å². The summed E-state index contributed by atoms with van der Waals surface area (Å²) in [5.41, 5.74) is 0.417. The van der Waals surface area contributed by atoms with E-state index >= 15 is 0 Å². The zero-order valence-electron chi connectivity index (χ0n) is 17.4. The van der Waals surface area contributed by atoms with E-state index in [0.717, 1.165) is 11.6 Å². The number of fused-ring (bicyclic) bond motifs is 1. The average Bonchev–Trinajstić information content (AvgIpc) is 3.49. The van der Waals surface area contributed by atoms with E-state index in [9.17, 15) is 23.1 Å². The fourth-order valence-corrected chi connectivity index (χ4v) is 4.11. The van der Waals surface area contributed by atoms with E-state index in [1.165, 1.54) is 24.3 Å². The summed E-state index contributed by atoms with van der Waals surface area (Å²) in [6, 6.07) is 15.1. The fraction of sp³-hybridized carbons (Fsp3) is 0.240. The molecule has 0 radical (unpaired) electrons. The molecule has 1 amide bonds. The van der Waals surface area contributed by atoms with Crippen LogP contribution in [0, 0.1) is 0 Å². The molecule has 5 nitrogen and oxygen atoms in total. The van der Waals surface area contributed by atoms with Gasteiger partial charge in [0.25, 0.3) is 0 Å². The summed E-state index contributed by atoms with van der Waals surface area (Å²) in [4.78, 5) is 13.2. The highest BCUT2D eigenvalue weighted by Crippen LogP contribution is 2.51. The van der Waals surface area contributed by atoms with Gasteiger partial charge in [-0.2, -0.15) is 13.2 Å². The van der Waals surface area contributed by atoms with Crippen molar-refractivity contribution in [2.75, 3.05) is 12.1 Å². The number of hydrogen-bond acceptors (Lipinski definition) is 4. The van der Waals surface area contributed by atoms with Crippen molar-refractivity contribution in [2.45, 2.75) is 31.0 Å². The number of aliphatic hydroxyl groups excluding tert-OH is 1. The number of aliphatic hydroxyl groups is 1. The number of anilines is 1. The molecule has 8 heteroatoms. The van der Waals surface area contributed by atoms with E-state index in [0.29, 0.717) is 35.5 Å². The lowest BCUT2D eigenvalue weighted by molar-refractivity contribution is -0.137. The first-order valence-electron chi connectivity index (χ1n) is 10.4. The van der Waals surface area contributed by atoms with Crippen LogP contribution in [0.4, 0.5) is 18.9 Å². The van der Waals surface area contributed by atoms with Gasteiger partial charge in [0.05, 0.1) is 17.6 Å². The smallest absolute Gasteiger partial charge is 0.417 e. The molecule has 1 aliphatic carbocycles. The van der Waals surface area contributed by atoms with Crippen LogP contribution in [0.25, 0.3) is 11.1 Å². The molecule has 1 saturated carbocycles. The second kappa shape index (κ2) is 7.81. The zero-order valence-corrected chi connectivity index (χ0v) is 17.4. The first kappa shape index (κ1) is 21.3. The van der Waals surface area contributed by atoms with Crippen LogP contribution in [0.2, 0.25) is 0 Å². The topological polar surface area (TPSA) is 67.8 Å². The van der Waals surface area contributed by atoms with Gasteiger partial charge in [-0.25, -0.2) is 0 Å². The van der Waals surface area contributed by atoms with Gasteiger partial charge in [0.1, 0.15) is 0 Å². The van der Waals surface area contributed by atoms with Gasteiger partial charge < -0.3 is 19.9 Å². The molecule has 0 bridgehead atoms. The Balaban J connectivity index is 0.00000171. The first-order valence-corrected chi connectivity index (χ1v) is 10.4. The first-order chi connectivity index (χ1) is 15.8. The quantitative estimate of drug-likeness (QED) is 0.509. The van der Waals surface area contributed by atoms with Gasteiger partial charge in [0.2, 0.25) is 12.7 Å². The summed E-state index contributed by atoms with van der Waals surface area (Å²) in [6.45, 7) is -0.0734. The Morgan fingerprint density at radius 1 is 1.00 bits per heavy atom. The maximum atomic E-state index is 13.7. The van der Waals surface area contributed by atoms with Crippen molar-refractivity contribution in [3.05, 3.63) is 77.4 Å². The average molecular weight is 459 g/mol. The lowest BCUT2D eigenvalue weighted by Crippen LogP contribution is -2.27. The summed E-state index contributed by atoms with van der Waals surface area (Å²) in [5, 5.41) is 12.0. The van der Waals surface area contributed by atoms with Gasteiger partial charge in [0.15, 0.2) is 11.5 Å². The maximum Gasteiger partial charge on any atom is 0.417 e. The van der Waals surface area contributed by atoms with Gasteiger partial charge >= 0.3 is 6.18 Å². The lowest BCUT2D eigenvalue weighted by atomic mass is 9.94. The number of alkyl halides is 3. The molecule has 1 heterocycles. The highest BCUT2D eigenvalue weighted by molar-refractivity contribution is 6.02. The molecule has 0 aromatic heterocycles. The van der Waals surface area contributed by atoms with Gasteiger partial charge in [0, 0.05) is 8.54 Å². The van der Waals surface area contributed by atoms with Crippen molar-refractivity contribution in [1.82, 2.24) is 0 Å². The number of halogens is 3. The summed E-state index contributed by atoms with van der Waals surface area (Å²) in [7, 11) is 0. The number of hydrogen-bond donors (Lipinski definition) is 2. The summed E-state index contributed by atoms with van der Waals surface area (Å²) < 4.78 is 51.7. The second-order valence-electron chi connectivity index (χ2n) is 8.22.